The van der Waals surface area contributed by atoms with Crippen LogP contribution in [-0.2, 0) is 16.6 Å². The molecule has 0 unspecified atom stereocenters. The third kappa shape index (κ3) is 3.47. The van der Waals surface area contributed by atoms with Gasteiger partial charge in [0.25, 0.3) is 10.0 Å². The maximum atomic E-state index is 14.5. The van der Waals surface area contributed by atoms with Gasteiger partial charge in [-0.05, 0) is 24.3 Å². The second kappa shape index (κ2) is 6.85. The van der Waals surface area contributed by atoms with Gasteiger partial charge in [-0.25, -0.2) is 22.6 Å². The molecule has 0 aliphatic carbocycles. The van der Waals surface area contributed by atoms with E-state index in [1.807, 2.05) is 0 Å². The molecule has 0 atom stereocenters. The molecule has 3 aromatic rings. The molecule has 144 valence electrons. The molecule has 0 spiro atoms. The van der Waals surface area contributed by atoms with Crippen molar-refractivity contribution in [2.75, 3.05) is 10.0 Å². The van der Waals surface area contributed by atoms with E-state index in [2.05, 4.69) is 25.3 Å². The van der Waals surface area contributed by atoms with Gasteiger partial charge < -0.3 is 15.0 Å². The molecule has 0 bridgehead atoms. The number of rotatable bonds is 5. The minimum absolute atomic E-state index is 0.0335. The van der Waals surface area contributed by atoms with Gasteiger partial charge in [0.1, 0.15) is 16.5 Å². The number of anilines is 2. The lowest BCUT2D eigenvalue weighted by Crippen LogP contribution is -2.34. The van der Waals surface area contributed by atoms with E-state index in [9.17, 15) is 17.6 Å². The fraction of sp³-hybridized carbons (Fsp3) is 0.0588. The third-order valence-corrected chi connectivity index (χ3v) is 5.33. The number of pyridine rings is 1. The highest BCUT2D eigenvalue weighted by molar-refractivity contribution is 7.92. The van der Waals surface area contributed by atoms with Gasteiger partial charge in [-0.1, -0.05) is 0 Å². The highest BCUT2D eigenvalue weighted by Crippen LogP contribution is 2.33. The van der Waals surface area contributed by atoms with Crippen LogP contribution in [0, 0.1) is 5.82 Å². The van der Waals surface area contributed by atoms with Crippen molar-refractivity contribution in [2.45, 2.75) is 11.4 Å². The Morgan fingerprint density at radius 1 is 1.18 bits per heavy atom. The molecule has 1 aromatic carbocycles. The fourth-order valence-corrected chi connectivity index (χ4v) is 3.65. The van der Waals surface area contributed by atoms with E-state index >= 15 is 0 Å². The van der Waals surface area contributed by atoms with E-state index in [0.717, 1.165) is 6.07 Å². The van der Waals surface area contributed by atoms with Crippen LogP contribution in [0.15, 0.2) is 53.8 Å². The van der Waals surface area contributed by atoms with E-state index in [-0.39, 0.29) is 28.9 Å². The van der Waals surface area contributed by atoms with Gasteiger partial charge >= 0.3 is 6.03 Å². The number of sulfonamides is 1. The molecule has 1 aliphatic rings. The van der Waals surface area contributed by atoms with Gasteiger partial charge in [0.05, 0.1) is 17.8 Å². The van der Waals surface area contributed by atoms with Crippen LogP contribution in [0.25, 0.3) is 0 Å². The predicted octanol–water partition coefficient (Wildman–Crippen LogP) is 2.78. The van der Waals surface area contributed by atoms with Crippen LogP contribution in [-0.4, -0.2) is 24.4 Å². The molecule has 0 saturated carbocycles. The summed E-state index contributed by atoms with van der Waals surface area (Å²) in [4.78, 5) is 18.1. The van der Waals surface area contributed by atoms with Crippen molar-refractivity contribution in [3.05, 3.63) is 60.3 Å². The number of halogens is 1. The summed E-state index contributed by atoms with van der Waals surface area (Å²) in [7, 11) is -3.82. The zero-order chi connectivity index (χ0) is 19.7. The number of carbonyl (C=O) groups is 1. The number of aromatic nitrogens is 2. The summed E-state index contributed by atoms with van der Waals surface area (Å²) < 4.78 is 46.8. The van der Waals surface area contributed by atoms with Crippen LogP contribution in [0.3, 0.4) is 0 Å². The van der Waals surface area contributed by atoms with Gasteiger partial charge in [0, 0.05) is 24.7 Å². The molecule has 28 heavy (non-hydrogen) atoms. The maximum Gasteiger partial charge on any atom is 0.320 e. The monoisotopic (exact) mass is 403 g/mol. The second-order valence-corrected chi connectivity index (χ2v) is 7.53. The smallest absolute Gasteiger partial charge is 0.320 e. The van der Waals surface area contributed by atoms with E-state index < -0.39 is 15.8 Å². The third-order valence-electron chi connectivity index (χ3n) is 3.95. The largest absolute Gasteiger partial charge is 0.454 e. The molecule has 1 aliphatic heterocycles. The lowest BCUT2D eigenvalue weighted by atomic mass is 10.2. The fourth-order valence-electron chi connectivity index (χ4n) is 2.62. The van der Waals surface area contributed by atoms with E-state index in [1.54, 1.807) is 6.07 Å². The average molecular weight is 403 g/mol. The molecule has 2 amide bonds. The minimum atomic E-state index is -3.82. The number of nitrogens with zero attached hydrogens (tertiary/aromatic N) is 1. The van der Waals surface area contributed by atoms with Crippen LogP contribution in [0.2, 0.25) is 0 Å². The Kier molecular flexibility index (Phi) is 4.35. The average Bonchev–Trinajstić information content (AvgIpc) is 3.19. The zero-order valence-corrected chi connectivity index (χ0v) is 15.0. The molecule has 9 nitrogen and oxygen atoms in total. The zero-order valence-electron chi connectivity index (χ0n) is 14.2. The highest BCUT2D eigenvalue weighted by atomic mass is 32.2. The molecule has 2 aromatic heterocycles. The number of hydrogen-bond donors (Lipinski definition) is 4. The summed E-state index contributed by atoms with van der Waals surface area (Å²) >= 11 is 0. The Morgan fingerprint density at radius 3 is 2.79 bits per heavy atom. The number of fused-ring (bicyclic) bond motifs is 1. The standard InChI is InChI=1S/C17H14FN5O4S/c18-13-7-10(23-28(25,26)11-3-5-19-8-11)1-2-15(13)27-14-4-6-20-16-12(14)9-21-17(24)22-16/h1-8,19,23H,9H2,(H2,20,21,22,24). The SMILES string of the molecule is O=C1NCc2c(Oc3ccc(NS(=O)(=O)c4cc[nH]c4)cc3F)ccnc2N1. The van der Waals surface area contributed by atoms with Crippen LogP contribution < -0.4 is 20.1 Å². The Balaban J connectivity index is 1.57. The van der Waals surface area contributed by atoms with E-state index in [4.69, 9.17) is 4.74 Å². The first-order valence-corrected chi connectivity index (χ1v) is 9.56. The molecule has 0 radical (unpaired) electrons. The highest BCUT2D eigenvalue weighted by Gasteiger charge is 2.20. The topological polar surface area (TPSA) is 125 Å². The lowest BCUT2D eigenvalue weighted by molar-refractivity contribution is 0.250. The Bertz CT molecular complexity index is 1150. The molecular weight excluding hydrogens is 389 g/mol. The van der Waals surface area contributed by atoms with Crippen molar-refractivity contribution in [2.24, 2.45) is 0 Å². The van der Waals surface area contributed by atoms with E-state index in [1.165, 1.54) is 36.8 Å². The van der Waals surface area contributed by atoms with Gasteiger partial charge in [-0.2, -0.15) is 0 Å². The van der Waals surface area contributed by atoms with Crippen LogP contribution in [0.5, 0.6) is 11.5 Å². The van der Waals surface area contributed by atoms with Crippen molar-refractivity contribution in [3.8, 4) is 11.5 Å². The van der Waals surface area contributed by atoms with Crippen LogP contribution >= 0.6 is 0 Å². The Labute approximate surface area is 159 Å². The molecule has 11 heteroatoms. The van der Waals surface area contributed by atoms with Crippen LogP contribution in [0.1, 0.15) is 5.56 Å². The second-order valence-electron chi connectivity index (χ2n) is 5.84. The number of amides is 2. The molecule has 3 heterocycles. The summed E-state index contributed by atoms with van der Waals surface area (Å²) in [5, 5.41) is 5.12. The molecular formula is C17H14FN5O4S. The van der Waals surface area contributed by atoms with Crippen molar-refractivity contribution >= 4 is 27.6 Å². The Morgan fingerprint density at radius 2 is 2.04 bits per heavy atom. The van der Waals surface area contributed by atoms with Gasteiger partial charge in [0.2, 0.25) is 0 Å². The van der Waals surface area contributed by atoms with Crippen molar-refractivity contribution in [1.29, 1.82) is 0 Å². The maximum absolute atomic E-state index is 14.5. The quantitative estimate of drug-likeness (QED) is 0.521. The van der Waals surface area contributed by atoms with E-state index in [0.29, 0.717) is 17.1 Å². The van der Waals surface area contributed by atoms with Gasteiger partial charge in [0.15, 0.2) is 11.6 Å². The number of urea groups is 1. The predicted molar refractivity (Wildman–Crippen MR) is 98.2 cm³/mol. The summed E-state index contributed by atoms with van der Waals surface area (Å²) in [5.74, 6) is -0.211. The number of ether oxygens (including phenoxy) is 1. The van der Waals surface area contributed by atoms with Gasteiger partial charge in [-0.15, -0.1) is 0 Å². The van der Waals surface area contributed by atoms with Crippen molar-refractivity contribution in [3.63, 3.8) is 0 Å². The normalized spacial score (nSPS) is 13.2. The molecule has 4 N–H and O–H groups in total. The van der Waals surface area contributed by atoms with Crippen molar-refractivity contribution in [1.82, 2.24) is 15.3 Å². The van der Waals surface area contributed by atoms with Crippen molar-refractivity contribution < 1.29 is 22.3 Å². The first kappa shape index (κ1) is 17.8. The number of benzene rings is 1. The summed E-state index contributed by atoms with van der Waals surface area (Å²) in [6.07, 6.45) is 4.21. The first-order valence-electron chi connectivity index (χ1n) is 8.08. The number of hydrogen-bond acceptors (Lipinski definition) is 5. The van der Waals surface area contributed by atoms with Gasteiger partial charge in [-0.3, -0.25) is 10.0 Å². The number of H-pyrrole nitrogens is 1. The summed E-state index contributed by atoms with van der Waals surface area (Å²) in [6.45, 7) is 0.181. The van der Waals surface area contributed by atoms with Crippen LogP contribution in [0.4, 0.5) is 20.7 Å². The summed E-state index contributed by atoms with van der Waals surface area (Å²) in [5.41, 5.74) is 0.621. The minimum Gasteiger partial charge on any atom is -0.454 e. The number of carbonyl (C=O) groups excluding carboxylic acids is 1. The Hall–Kier alpha value is -3.60. The number of nitrogens with one attached hydrogen (secondary N) is 4. The molecule has 4 rings (SSSR count). The molecule has 0 saturated heterocycles. The first-order chi connectivity index (χ1) is 13.4. The summed E-state index contributed by atoms with van der Waals surface area (Å²) in [6, 6.07) is 6.26. The number of aromatic amines is 1. The lowest BCUT2D eigenvalue weighted by Gasteiger charge is -2.20. The molecule has 0 fully saturated rings.